The van der Waals surface area contributed by atoms with E-state index >= 15 is 0 Å². The smallest absolute Gasteiger partial charge is 0.274 e. The van der Waals surface area contributed by atoms with Crippen molar-refractivity contribution in [2.75, 3.05) is 26.3 Å². The maximum atomic E-state index is 13.4. The zero-order valence-electron chi connectivity index (χ0n) is 18.0. The van der Waals surface area contributed by atoms with Crippen LogP contribution in [-0.4, -0.2) is 46.9 Å². The van der Waals surface area contributed by atoms with Crippen LogP contribution in [0.3, 0.4) is 0 Å². The molecule has 1 aromatic heterocycles. The van der Waals surface area contributed by atoms with Crippen molar-refractivity contribution in [3.63, 3.8) is 0 Å². The number of ether oxygens (including phenoxy) is 1. The number of carbonyl (C=O) groups excluding carboxylic acids is 1. The van der Waals surface area contributed by atoms with Gasteiger partial charge in [0, 0.05) is 34.9 Å². The molecule has 30 heavy (non-hydrogen) atoms. The quantitative estimate of drug-likeness (QED) is 0.693. The molecule has 0 atom stereocenters. The molecule has 1 aliphatic carbocycles. The van der Waals surface area contributed by atoms with Gasteiger partial charge in [-0.1, -0.05) is 32.0 Å². The molecule has 5 nitrogen and oxygen atoms in total. The Morgan fingerprint density at radius 2 is 1.87 bits per heavy atom. The van der Waals surface area contributed by atoms with E-state index in [4.69, 9.17) is 9.84 Å². The molecule has 2 aromatic rings. The molecule has 1 amide bonds. The lowest BCUT2D eigenvalue weighted by atomic mass is 9.79. The fourth-order valence-electron chi connectivity index (χ4n) is 5.19. The highest BCUT2D eigenvalue weighted by Crippen LogP contribution is 2.46. The number of aromatic nitrogens is 2. The first-order valence-electron chi connectivity index (χ1n) is 11.3. The topological polar surface area (TPSA) is 47.4 Å². The maximum Gasteiger partial charge on any atom is 0.274 e. The number of carbonyl (C=O) groups is 1. The van der Waals surface area contributed by atoms with E-state index in [0.29, 0.717) is 38.0 Å². The van der Waals surface area contributed by atoms with Gasteiger partial charge in [-0.3, -0.25) is 9.48 Å². The van der Waals surface area contributed by atoms with Gasteiger partial charge < -0.3 is 9.64 Å². The summed E-state index contributed by atoms with van der Waals surface area (Å²) in [5, 5.41) is 5.03. The molecule has 0 unspecified atom stereocenters. The number of benzene rings is 1. The first-order chi connectivity index (χ1) is 14.6. The highest BCUT2D eigenvalue weighted by atomic mass is 32.2. The average Bonchev–Trinajstić information content (AvgIpc) is 3.19. The van der Waals surface area contributed by atoms with E-state index in [1.165, 1.54) is 29.0 Å². The fourth-order valence-corrected chi connectivity index (χ4v) is 6.26. The SMILES string of the molecule is CC(C)C1CCC(n2nc(C(=O)N3CCOCC3)c3c2-c2ccccc2SC3)CC1. The molecule has 2 fully saturated rings. The zero-order chi connectivity index (χ0) is 20.7. The van der Waals surface area contributed by atoms with E-state index in [1.807, 2.05) is 16.7 Å². The van der Waals surface area contributed by atoms with E-state index in [1.54, 1.807) is 0 Å². The van der Waals surface area contributed by atoms with Crippen molar-refractivity contribution in [1.29, 1.82) is 0 Å². The van der Waals surface area contributed by atoms with E-state index in [9.17, 15) is 4.79 Å². The molecule has 0 bridgehead atoms. The van der Waals surface area contributed by atoms with Gasteiger partial charge in [0.05, 0.1) is 24.9 Å². The molecule has 0 N–H and O–H groups in total. The Morgan fingerprint density at radius 3 is 2.60 bits per heavy atom. The van der Waals surface area contributed by atoms with Crippen LogP contribution in [0.1, 0.15) is 61.6 Å². The number of hydrogen-bond donors (Lipinski definition) is 0. The third kappa shape index (κ3) is 3.58. The number of amides is 1. The van der Waals surface area contributed by atoms with E-state index in [0.717, 1.165) is 36.0 Å². The number of nitrogens with zero attached hydrogens (tertiary/aromatic N) is 3. The minimum Gasteiger partial charge on any atom is -0.378 e. The molecule has 5 rings (SSSR count). The summed E-state index contributed by atoms with van der Waals surface area (Å²) in [5.41, 5.74) is 4.22. The Morgan fingerprint density at radius 1 is 1.13 bits per heavy atom. The molecule has 1 aromatic carbocycles. The summed E-state index contributed by atoms with van der Waals surface area (Å²) in [6, 6.07) is 8.98. The number of rotatable bonds is 3. The van der Waals surface area contributed by atoms with Crippen molar-refractivity contribution < 1.29 is 9.53 Å². The molecule has 3 aliphatic rings. The monoisotopic (exact) mass is 425 g/mol. The van der Waals surface area contributed by atoms with Crippen LogP contribution >= 0.6 is 11.8 Å². The van der Waals surface area contributed by atoms with Gasteiger partial charge in [0.25, 0.3) is 5.91 Å². The van der Waals surface area contributed by atoms with Crippen molar-refractivity contribution in [2.24, 2.45) is 11.8 Å². The van der Waals surface area contributed by atoms with Crippen LogP contribution in [0.2, 0.25) is 0 Å². The van der Waals surface area contributed by atoms with Crippen molar-refractivity contribution in [1.82, 2.24) is 14.7 Å². The second-order valence-electron chi connectivity index (χ2n) is 9.12. The van der Waals surface area contributed by atoms with Gasteiger partial charge in [0.2, 0.25) is 0 Å². The third-order valence-electron chi connectivity index (χ3n) is 7.05. The first kappa shape index (κ1) is 20.1. The standard InChI is InChI=1S/C24H31N3O2S/c1-16(2)17-7-9-18(10-8-17)27-23-19-5-3-4-6-21(19)30-15-20(23)22(25-27)24(28)26-11-13-29-14-12-26/h3-6,16-18H,7-15H2,1-2H3. The second-order valence-corrected chi connectivity index (χ2v) is 10.1. The summed E-state index contributed by atoms with van der Waals surface area (Å²) in [7, 11) is 0. The lowest BCUT2D eigenvalue weighted by molar-refractivity contribution is 0.0297. The Labute approximate surface area is 183 Å². The van der Waals surface area contributed by atoms with Crippen molar-refractivity contribution in [2.45, 2.75) is 56.2 Å². The fraction of sp³-hybridized carbons (Fsp3) is 0.583. The van der Waals surface area contributed by atoms with Gasteiger partial charge in [-0.2, -0.15) is 5.10 Å². The summed E-state index contributed by atoms with van der Waals surface area (Å²) in [4.78, 5) is 16.6. The third-order valence-corrected chi connectivity index (χ3v) is 8.15. The number of thioether (sulfide) groups is 1. The van der Waals surface area contributed by atoms with Crippen LogP contribution in [0.5, 0.6) is 0 Å². The Kier molecular flexibility index (Phi) is 5.63. The largest absolute Gasteiger partial charge is 0.378 e. The van der Waals surface area contributed by atoms with E-state index < -0.39 is 0 Å². The van der Waals surface area contributed by atoms with Gasteiger partial charge in [-0.15, -0.1) is 11.8 Å². The lowest BCUT2D eigenvalue weighted by Crippen LogP contribution is -2.41. The van der Waals surface area contributed by atoms with Gasteiger partial charge in [-0.25, -0.2) is 0 Å². The van der Waals surface area contributed by atoms with Crippen LogP contribution in [0.25, 0.3) is 11.3 Å². The maximum absolute atomic E-state index is 13.4. The van der Waals surface area contributed by atoms with E-state index in [-0.39, 0.29) is 5.91 Å². The van der Waals surface area contributed by atoms with Crippen molar-refractivity contribution in [3.8, 4) is 11.3 Å². The van der Waals surface area contributed by atoms with Gasteiger partial charge in [0.15, 0.2) is 5.69 Å². The minimum atomic E-state index is 0.0733. The summed E-state index contributed by atoms with van der Waals surface area (Å²) in [6.45, 7) is 7.23. The van der Waals surface area contributed by atoms with Crippen LogP contribution < -0.4 is 0 Å². The van der Waals surface area contributed by atoms with Crippen molar-refractivity contribution >= 4 is 17.7 Å². The average molecular weight is 426 g/mol. The summed E-state index contributed by atoms with van der Waals surface area (Å²) in [6.07, 6.45) is 4.80. The van der Waals surface area contributed by atoms with Crippen LogP contribution in [0, 0.1) is 11.8 Å². The molecule has 6 heteroatoms. The summed E-state index contributed by atoms with van der Waals surface area (Å²) < 4.78 is 7.69. The normalized spacial score (nSPS) is 23.9. The Bertz CT molecular complexity index is 925. The Hall–Kier alpha value is -1.79. The molecule has 0 spiro atoms. The lowest BCUT2D eigenvalue weighted by Gasteiger charge is -2.32. The molecule has 3 heterocycles. The summed E-state index contributed by atoms with van der Waals surface area (Å²) >= 11 is 1.83. The highest BCUT2D eigenvalue weighted by Gasteiger charge is 2.34. The van der Waals surface area contributed by atoms with Gasteiger partial charge >= 0.3 is 0 Å². The van der Waals surface area contributed by atoms with E-state index in [2.05, 4.69) is 42.8 Å². The first-order valence-corrected chi connectivity index (χ1v) is 12.3. The van der Waals surface area contributed by atoms with Crippen LogP contribution in [0.15, 0.2) is 29.2 Å². The van der Waals surface area contributed by atoms with Gasteiger partial charge in [0.1, 0.15) is 0 Å². The Balaban J connectivity index is 1.54. The zero-order valence-corrected chi connectivity index (χ0v) is 18.8. The van der Waals surface area contributed by atoms with Crippen LogP contribution in [-0.2, 0) is 10.5 Å². The second kappa shape index (κ2) is 8.39. The van der Waals surface area contributed by atoms with Crippen molar-refractivity contribution in [3.05, 3.63) is 35.5 Å². The van der Waals surface area contributed by atoms with Crippen LogP contribution in [0.4, 0.5) is 0 Å². The highest BCUT2D eigenvalue weighted by molar-refractivity contribution is 7.98. The minimum absolute atomic E-state index is 0.0733. The molecular formula is C24H31N3O2S. The molecule has 1 saturated carbocycles. The molecule has 160 valence electrons. The number of hydrogen-bond acceptors (Lipinski definition) is 4. The number of fused-ring (bicyclic) bond motifs is 3. The predicted octanol–water partition coefficient (Wildman–Crippen LogP) is 5.02. The molecule has 0 radical (unpaired) electrons. The number of morpholine rings is 1. The van der Waals surface area contributed by atoms with Gasteiger partial charge in [-0.05, 0) is 43.6 Å². The summed E-state index contributed by atoms with van der Waals surface area (Å²) in [5.74, 6) is 2.45. The predicted molar refractivity (Wildman–Crippen MR) is 120 cm³/mol. The molecule has 2 aliphatic heterocycles. The molecule has 1 saturated heterocycles. The molecular weight excluding hydrogens is 394 g/mol.